The molecule has 0 fully saturated rings. The maximum atomic E-state index is 13.5. The first-order valence-corrected chi connectivity index (χ1v) is 14.7. The van der Waals surface area contributed by atoms with Crippen molar-refractivity contribution in [1.82, 2.24) is 15.2 Å². The second kappa shape index (κ2) is 13.7. The number of aromatic nitrogens is 1. The maximum absolute atomic E-state index is 13.5. The van der Waals surface area contributed by atoms with Crippen LogP contribution in [-0.2, 0) is 10.0 Å². The quantitative estimate of drug-likeness (QED) is 0.206. The SMILES string of the molecule is COc1cncc(C(=O)NCCNc2cccc(NS(=O)(=O)c3cc(-c4cccc(C(=O)N(C)C)c4)ccc3OC)c2)c1. The van der Waals surface area contributed by atoms with E-state index in [9.17, 15) is 18.0 Å². The predicted octanol–water partition coefficient (Wildman–Crippen LogP) is 4.11. The summed E-state index contributed by atoms with van der Waals surface area (Å²) in [6.45, 7) is 0.710. The van der Waals surface area contributed by atoms with Crippen molar-refractivity contribution in [1.29, 1.82) is 0 Å². The van der Waals surface area contributed by atoms with E-state index in [1.807, 2.05) is 6.07 Å². The fourth-order valence-corrected chi connectivity index (χ4v) is 5.44. The summed E-state index contributed by atoms with van der Waals surface area (Å²) in [5.74, 6) is 0.213. The third-order valence-corrected chi connectivity index (χ3v) is 7.77. The molecule has 4 rings (SSSR count). The first-order chi connectivity index (χ1) is 20.6. The third-order valence-electron chi connectivity index (χ3n) is 6.37. The Morgan fingerprint density at radius 3 is 2.30 bits per heavy atom. The highest BCUT2D eigenvalue weighted by Crippen LogP contribution is 2.32. The maximum Gasteiger partial charge on any atom is 0.265 e. The van der Waals surface area contributed by atoms with E-state index in [0.29, 0.717) is 52.5 Å². The molecule has 3 aromatic carbocycles. The van der Waals surface area contributed by atoms with Gasteiger partial charge in [0, 0.05) is 44.6 Å². The molecule has 1 heterocycles. The van der Waals surface area contributed by atoms with Crippen molar-refractivity contribution in [3.8, 4) is 22.6 Å². The van der Waals surface area contributed by atoms with Crippen LogP contribution in [0.3, 0.4) is 0 Å². The molecule has 1 aromatic heterocycles. The molecule has 43 heavy (non-hydrogen) atoms. The largest absolute Gasteiger partial charge is 0.495 e. The van der Waals surface area contributed by atoms with Crippen LogP contribution in [0.1, 0.15) is 20.7 Å². The molecular formula is C31H33N5O6S. The fraction of sp³-hybridized carbons (Fsp3) is 0.194. The minimum Gasteiger partial charge on any atom is -0.495 e. The Labute approximate surface area is 250 Å². The van der Waals surface area contributed by atoms with Crippen LogP contribution < -0.4 is 24.8 Å². The highest BCUT2D eigenvalue weighted by molar-refractivity contribution is 7.92. The predicted molar refractivity (Wildman–Crippen MR) is 165 cm³/mol. The van der Waals surface area contributed by atoms with E-state index >= 15 is 0 Å². The molecule has 0 radical (unpaired) electrons. The zero-order chi connectivity index (χ0) is 31.0. The number of anilines is 2. The first-order valence-electron chi connectivity index (χ1n) is 13.3. The number of ether oxygens (including phenoxy) is 2. The molecule has 12 heteroatoms. The normalized spacial score (nSPS) is 10.9. The zero-order valence-corrected chi connectivity index (χ0v) is 25.1. The summed E-state index contributed by atoms with van der Waals surface area (Å²) in [7, 11) is 2.17. The average molecular weight is 604 g/mol. The third kappa shape index (κ3) is 7.80. The zero-order valence-electron chi connectivity index (χ0n) is 24.2. The number of carbonyl (C=O) groups is 2. The molecular weight excluding hydrogens is 570 g/mol. The number of hydrogen-bond donors (Lipinski definition) is 3. The van der Waals surface area contributed by atoms with E-state index in [1.165, 1.54) is 37.6 Å². The van der Waals surface area contributed by atoms with E-state index in [0.717, 1.165) is 0 Å². The molecule has 224 valence electrons. The summed E-state index contributed by atoms with van der Waals surface area (Å²) >= 11 is 0. The van der Waals surface area contributed by atoms with Crippen LogP contribution in [0.15, 0.2) is 90.1 Å². The van der Waals surface area contributed by atoms with Gasteiger partial charge in [-0.2, -0.15) is 0 Å². The number of hydrogen-bond acceptors (Lipinski definition) is 8. The van der Waals surface area contributed by atoms with Gasteiger partial charge in [0.15, 0.2) is 0 Å². The molecule has 0 saturated heterocycles. The van der Waals surface area contributed by atoms with E-state index < -0.39 is 10.0 Å². The molecule has 0 bridgehead atoms. The number of carbonyl (C=O) groups excluding carboxylic acids is 2. The molecule has 0 spiro atoms. The van der Waals surface area contributed by atoms with Crippen LogP contribution in [0.2, 0.25) is 0 Å². The summed E-state index contributed by atoms with van der Waals surface area (Å²) in [5.41, 5.74) is 3.15. The lowest BCUT2D eigenvalue weighted by Crippen LogP contribution is -2.28. The summed E-state index contributed by atoms with van der Waals surface area (Å²) in [6, 6.07) is 20.2. The minimum atomic E-state index is -4.07. The number of nitrogens with zero attached hydrogens (tertiary/aromatic N) is 2. The smallest absolute Gasteiger partial charge is 0.265 e. The molecule has 3 N–H and O–H groups in total. The summed E-state index contributed by atoms with van der Waals surface area (Å²) in [6.07, 6.45) is 2.97. The van der Waals surface area contributed by atoms with Crippen LogP contribution in [0.5, 0.6) is 11.5 Å². The van der Waals surface area contributed by atoms with Crippen LogP contribution in [0, 0.1) is 0 Å². The van der Waals surface area contributed by atoms with Crippen LogP contribution in [0.25, 0.3) is 11.1 Å². The molecule has 0 aliphatic rings. The molecule has 4 aromatic rings. The molecule has 0 unspecified atom stereocenters. The number of rotatable bonds is 12. The topological polar surface area (TPSA) is 139 Å². The van der Waals surface area contributed by atoms with Crippen molar-refractivity contribution in [3.63, 3.8) is 0 Å². The number of pyridine rings is 1. The van der Waals surface area contributed by atoms with Gasteiger partial charge in [-0.1, -0.05) is 24.3 Å². The molecule has 11 nitrogen and oxygen atoms in total. The highest BCUT2D eigenvalue weighted by Gasteiger charge is 2.21. The second-order valence-corrected chi connectivity index (χ2v) is 11.3. The van der Waals surface area contributed by atoms with Crippen molar-refractivity contribution in [2.75, 3.05) is 51.4 Å². The number of amides is 2. The van der Waals surface area contributed by atoms with Crippen molar-refractivity contribution < 1.29 is 27.5 Å². The molecule has 0 aliphatic carbocycles. The fourth-order valence-electron chi connectivity index (χ4n) is 4.20. The van der Waals surface area contributed by atoms with E-state index in [-0.39, 0.29) is 22.5 Å². The lowest BCUT2D eigenvalue weighted by Gasteiger charge is -2.15. The van der Waals surface area contributed by atoms with Gasteiger partial charge in [0.1, 0.15) is 16.4 Å². The Kier molecular flexibility index (Phi) is 9.83. The van der Waals surface area contributed by atoms with Gasteiger partial charge in [-0.25, -0.2) is 8.42 Å². The summed E-state index contributed by atoms with van der Waals surface area (Å²) in [5, 5.41) is 5.97. The van der Waals surface area contributed by atoms with Gasteiger partial charge in [0.2, 0.25) is 0 Å². The second-order valence-electron chi connectivity index (χ2n) is 9.63. The van der Waals surface area contributed by atoms with Gasteiger partial charge in [0.25, 0.3) is 21.8 Å². The Morgan fingerprint density at radius 1 is 0.814 bits per heavy atom. The molecule has 0 saturated carbocycles. The highest BCUT2D eigenvalue weighted by atomic mass is 32.2. The van der Waals surface area contributed by atoms with E-state index in [2.05, 4.69) is 20.3 Å². The molecule has 2 amide bonds. The Hall–Kier alpha value is -5.10. The Bertz CT molecular complexity index is 1730. The number of nitrogens with one attached hydrogen (secondary N) is 3. The van der Waals surface area contributed by atoms with Crippen LogP contribution in [0.4, 0.5) is 11.4 Å². The standard InChI is InChI=1S/C31H33N5O6S/c1-36(2)31(38)23-8-5-7-21(15-23)22-11-12-28(42-4)29(17-22)43(39,40)35-26-10-6-9-25(18-26)33-13-14-34-30(37)24-16-27(41-3)20-32-19-24/h5-12,15-20,33,35H,13-14H2,1-4H3,(H,34,37). The average Bonchev–Trinajstić information content (AvgIpc) is 3.02. The molecule has 0 aliphatic heterocycles. The van der Waals surface area contributed by atoms with Gasteiger partial charge in [-0.05, 0) is 59.7 Å². The monoisotopic (exact) mass is 603 g/mol. The molecule has 0 atom stereocenters. The van der Waals surface area contributed by atoms with Gasteiger partial charge in [-0.3, -0.25) is 19.3 Å². The van der Waals surface area contributed by atoms with Gasteiger partial charge in [0.05, 0.1) is 31.7 Å². The van der Waals surface area contributed by atoms with Crippen LogP contribution >= 0.6 is 0 Å². The first kappa shape index (κ1) is 30.8. The van der Waals surface area contributed by atoms with E-state index in [4.69, 9.17) is 9.47 Å². The Balaban J connectivity index is 1.45. The van der Waals surface area contributed by atoms with Crippen LogP contribution in [-0.4, -0.2) is 71.5 Å². The number of methoxy groups -OCH3 is 2. The lowest BCUT2D eigenvalue weighted by atomic mass is 10.0. The number of sulfonamides is 1. The van der Waals surface area contributed by atoms with Gasteiger partial charge >= 0.3 is 0 Å². The van der Waals surface area contributed by atoms with Crippen molar-refractivity contribution in [2.24, 2.45) is 0 Å². The van der Waals surface area contributed by atoms with Gasteiger partial charge in [-0.15, -0.1) is 0 Å². The summed E-state index contributed by atoms with van der Waals surface area (Å²) < 4.78 is 40.1. The van der Waals surface area contributed by atoms with Crippen molar-refractivity contribution >= 4 is 33.2 Å². The van der Waals surface area contributed by atoms with Gasteiger partial charge < -0.3 is 25.0 Å². The lowest BCUT2D eigenvalue weighted by molar-refractivity contribution is 0.0827. The van der Waals surface area contributed by atoms with E-state index in [1.54, 1.807) is 74.8 Å². The minimum absolute atomic E-state index is 0.0510. The Morgan fingerprint density at radius 2 is 1.56 bits per heavy atom. The summed E-state index contributed by atoms with van der Waals surface area (Å²) in [4.78, 5) is 30.2. The van der Waals surface area contributed by atoms with Crippen molar-refractivity contribution in [2.45, 2.75) is 4.90 Å². The number of benzene rings is 3. The van der Waals surface area contributed by atoms with Crippen molar-refractivity contribution in [3.05, 3.63) is 96.3 Å².